The molecule has 1 aromatic heterocycles. The molecular formula is C22H21N3O4S2. The molecule has 0 radical (unpaired) electrons. The summed E-state index contributed by atoms with van der Waals surface area (Å²) in [5.41, 5.74) is 0.566. The molecule has 0 aliphatic carbocycles. The Balaban J connectivity index is 1.55. The van der Waals surface area contributed by atoms with Gasteiger partial charge in [-0.25, -0.2) is 8.42 Å². The summed E-state index contributed by atoms with van der Waals surface area (Å²) in [6.07, 6.45) is 0.423. The van der Waals surface area contributed by atoms with E-state index >= 15 is 0 Å². The van der Waals surface area contributed by atoms with E-state index in [9.17, 15) is 13.2 Å². The van der Waals surface area contributed by atoms with Gasteiger partial charge < -0.3 is 9.64 Å². The summed E-state index contributed by atoms with van der Waals surface area (Å²) in [5, 5.41) is 12.4. The number of thiophene rings is 1. The van der Waals surface area contributed by atoms with E-state index < -0.39 is 16.1 Å². The Morgan fingerprint density at radius 2 is 2.00 bits per heavy atom. The maximum atomic E-state index is 13.3. The molecule has 1 saturated heterocycles. The minimum atomic E-state index is -3.86. The Labute approximate surface area is 185 Å². The molecule has 0 bridgehead atoms. The van der Waals surface area contributed by atoms with Crippen molar-refractivity contribution in [1.29, 1.82) is 5.26 Å². The van der Waals surface area contributed by atoms with Gasteiger partial charge in [0.15, 0.2) is 0 Å². The standard InChI is InChI=1S/C22H21N3O4S2/c1-24(21-7-8-25(22(21)26)13-19-9-15(12-23)14-30-19)31(27,28)20-6-4-16-3-5-18(29-2)10-17(16)11-20/h3-6,9-11,14,21H,7-8,13H2,1-2H3/t21-/m0/s1. The quantitative estimate of drug-likeness (QED) is 0.569. The van der Waals surface area contributed by atoms with Gasteiger partial charge in [0.2, 0.25) is 15.9 Å². The predicted octanol–water partition coefficient (Wildman–Crippen LogP) is 3.20. The zero-order chi connectivity index (χ0) is 22.2. The molecule has 31 heavy (non-hydrogen) atoms. The first-order chi connectivity index (χ1) is 14.8. The van der Waals surface area contributed by atoms with Gasteiger partial charge in [-0.3, -0.25) is 4.79 Å². The second-order valence-electron chi connectivity index (χ2n) is 7.37. The molecule has 1 atom stereocenters. The first-order valence-electron chi connectivity index (χ1n) is 9.65. The maximum Gasteiger partial charge on any atom is 0.243 e. The molecule has 0 N–H and O–H groups in total. The lowest BCUT2D eigenvalue weighted by Gasteiger charge is -2.23. The van der Waals surface area contributed by atoms with E-state index in [-0.39, 0.29) is 10.8 Å². The minimum absolute atomic E-state index is 0.138. The average Bonchev–Trinajstić information content (AvgIpc) is 3.39. The van der Waals surface area contributed by atoms with E-state index in [2.05, 4.69) is 6.07 Å². The third kappa shape index (κ3) is 4.02. The molecule has 4 rings (SSSR count). The van der Waals surface area contributed by atoms with Crippen LogP contribution in [0.1, 0.15) is 16.9 Å². The van der Waals surface area contributed by atoms with Crippen LogP contribution in [0.4, 0.5) is 0 Å². The van der Waals surface area contributed by atoms with Gasteiger partial charge in [-0.1, -0.05) is 12.1 Å². The highest BCUT2D eigenvalue weighted by Gasteiger charge is 2.39. The van der Waals surface area contributed by atoms with E-state index in [1.165, 1.54) is 22.7 Å². The second kappa shape index (κ2) is 8.30. The summed E-state index contributed by atoms with van der Waals surface area (Å²) in [5.74, 6) is 0.422. The van der Waals surface area contributed by atoms with Gasteiger partial charge in [0.05, 0.1) is 24.1 Å². The Hall–Kier alpha value is -2.93. The summed E-state index contributed by atoms with van der Waals surface area (Å²) in [6, 6.07) is 13.5. The predicted molar refractivity (Wildman–Crippen MR) is 118 cm³/mol. The Bertz CT molecular complexity index is 1290. The van der Waals surface area contributed by atoms with E-state index in [1.54, 1.807) is 47.7 Å². The highest BCUT2D eigenvalue weighted by Crippen LogP contribution is 2.28. The number of nitrogens with zero attached hydrogens (tertiary/aromatic N) is 3. The number of carbonyl (C=O) groups is 1. The number of likely N-dealkylation sites (N-methyl/N-ethyl adjacent to an activating group) is 1. The molecule has 3 aromatic rings. The summed E-state index contributed by atoms with van der Waals surface area (Å²) in [4.78, 5) is 15.6. The number of carbonyl (C=O) groups excluding carboxylic acids is 1. The molecule has 7 nitrogen and oxygen atoms in total. The normalized spacial score (nSPS) is 16.8. The van der Waals surface area contributed by atoms with Crippen molar-refractivity contribution in [2.75, 3.05) is 20.7 Å². The van der Waals surface area contributed by atoms with Crippen molar-refractivity contribution < 1.29 is 17.9 Å². The Kier molecular flexibility index (Phi) is 5.71. The van der Waals surface area contributed by atoms with Crippen LogP contribution in [0.2, 0.25) is 0 Å². The van der Waals surface area contributed by atoms with Crippen LogP contribution >= 0.6 is 11.3 Å². The highest BCUT2D eigenvalue weighted by molar-refractivity contribution is 7.89. The number of rotatable bonds is 6. The Morgan fingerprint density at radius 1 is 1.23 bits per heavy atom. The fourth-order valence-corrected chi connectivity index (χ4v) is 5.95. The molecule has 0 unspecified atom stereocenters. The van der Waals surface area contributed by atoms with Crippen LogP contribution in [0.3, 0.4) is 0 Å². The van der Waals surface area contributed by atoms with Crippen molar-refractivity contribution in [3.63, 3.8) is 0 Å². The zero-order valence-electron chi connectivity index (χ0n) is 17.1. The van der Waals surface area contributed by atoms with Crippen LogP contribution in [0.25, 0.3) is 10.8 Å². The lowest BCUT2D eigenvalue weighted by atomic mass is 10.1. The molecule has 1 aliphatic rings. The van der Waals surface area contributed by atoms with Gasteiger partial charge in [0.1, 0.15) is 17.9 Å². The molecule has 2 heterocycles. The third-order valence-electron chi connectivity index (χ3n) is 5.53. The molecule has 1 amide bonds. The molecule has 0 spiro atoms. The lowest BCUT2D eigenvalue weighted by molar-refractivity contribution is -0.131. The van der Waals surface area contributed by atoms with Crippen LogP contribution in [0, 0.1) is 11.3 Å². The van der Waals surface area contributed by atoms with Crippen molar-refractivity contribution in [1.82, 2.24) is 9.21 Å². The largest absolute Gasteiger partial charge is 0.497 e. The molecule has 160 valence electrons. The van der Waals surface area contributed by atoms with Crippen molar-refractivity contribution in [2.24, 2.45) is 0 Å². The maximum absolute atomic E-state index is 13.3. The fourth-order valence-electron chi connectivity index (χ4n) is 3.75. The average molecular weight is 456 g/mol. The number of sulfonamides is 1. The SMILES string of the molecule is COc1ccc2ccc(S(=O)(=O)N(C)[C@H]3CCN(Cc4cc(C#N)cs4)C3=O)cc2c1. The van der Waals surface area contributed by atoms with Gasteiger partial charge in [-0.2, -0.15) is 9.57 Å². The number of hydrogen-bond donors (Lipinski definition) is 0. The molecule has 1 aliphatic heterocycles. The van der Waals surface area contributed by atoms with Gasteiger partial charge in [-0.05, 0) is 47.5 Å². The van der Waals surface area contributed by atoms with Crippen LogP contribution in [-0.2, 0) is 21.4 Å². The molecule has 2 aromatic carbocycles. The molecule has 0 saturated carbocycles. The van der Waals surface area contributed by atoms with Crippen molar-refractivity contribution in [3.05, 3.63) is 58.3 Å². The molecule has 9 heteroatoms. The Morgan fingerprint density at radius 3 is 2.71 bits per heavy atom. The number of methoxy groups -OCH3 is 1. The molecule has 1 fully saturated rings. The van der Waals surface area contributed by atoms with Crippen LogP contribution < -0.4 is 4.74 Å². The van der Waals surface area contributed by atoms with E-state index in [4.69, 9.17) is 10.00 Å². The van der Waals surface area contributed by atoms with Crippen LogP contribution in [0.15, 0.2) is 52.7 Å². The lowest BCUT2D eigenvalue weighted by Crippen LogP contribution is -2.42. The van der Waals surface area contributed by atoms with Crippen LogP contribution in [0.5, 0.6) is 5.75 Å². The fraction of sp³-hybridized carbons (Fsp3) is 0.273. The highest BCUT2D eigenvalue weighted by atomic mass is 32.2. The van der Waals surface area contributed by atoms with Gasteiger partial charge in [0.25, 0.3) is 0 Å². The van der Waals surface area contributed by atoms with E-state index in [0.717, 1.165) is 15.6 Å². The third-order valence-corrected chi connectivity index (χ3v) is 8.32. The minimum Gasteiger partial charge on any atom is -0.497 e. The second-order valence-corrected chi connectivity index (χ2v) is 10.4. The number of hydrogen-bond acceptors (Lipinski definition) is 6. The van der Waals surface area contributed by atoms with E-state index in [1.807, 2.05) is 12.1 Å². The van der Waals surface area contributed by atoms with Gasteiger partial charge in [0, 0.05) is 23.8 Å². The summed E-state index contributed by atoms with van der Waals surface area (Å²) in [6.45, 7) is 0.851. The van der Waals surface area contributed by atoms with Crippen LogP contribution in [-0.4, -0.2) is 50.3 Å². The number of likely N-dealkylation sites (tertiary alicyclic amines) is 1. The van der Waals surface area contributed by atoms with Crippen molar-refractivity contribution in [2.45, 2.75) is 23.9 Å². The van der Waals surface area contributed by atoms with E-state index in [0.29, 0.717) is 30.8 Å². The van der Waals surface area contributed by atoms with Crippen molar-refractivity contribution >= 4 is 38.0 Å². The first kappa shape index (κ1) is 21.3. The summed E-state index contributed by atoms with van der Waals surface area (Å²) in [7, 11) is -0.844. The topological polar surface area (TPSA) is 90.7 Å². The number of fused-ring (bicyclic) bond motifs is 1. The summed E-state index contributed by atoms with van der Waals surface area (Å²) >= 11 is 1.42. The smallest absolute Gasteiger partial charge is 0.243 e. The monoisotopic (exact) mass is 455 g/mol. The van der Waals surface area contributed by atoms with Crippen molar-refractivity contribution in [3.8, 4) is 11.8 Å². The first-order valence-corrected chi connectivity index (χ1v) is 12.0. The van der Waals surface area contributed by atoms with Gasteiger partial charge in [-0.15, -0.1) is 11.3 Å². The number of ether oxygens (including phenoxy) is 1. The number of benzene rings is 2. The summed E-state index contributed by atoms with van der Waals surface area (Å²) < 4.78 is 32.9. The molecular weight excluding hydrogens is 434 g/mol. The number of nitriles is 1. The zero-order valence-corrected chi connectivity index (χ0v) is 18.7. The number of amides is 1. The van der Waals surface area contributed by atoms with Gasteiger partial charge >= 0.3 is 0 Å².